The van der Waals surface area contributed by atoms with Gasteiger partial charge in [0.2, 0.25) is 0 Å². The van der Waals surface area contributed by atoms with Gasteiger partial charge in [0, 0.05) is 19.6 Å². The minimum atomic E-state index is -0.384. The summed E-state index contributed by atoms with van der Waals surface area (Å²) in [5.41, 5.74) is 1.35. The summed E-state index contributed by atoms with van der Waals surface area (Å²) in [5.74, 6) is 0.654. The zero-order valence-electron chi connectivity index (χ0n) is 11.6. The first-order valence-electron chi connectivity index (χ1n) is 7.14. The van der Waals surface area contributed by atoms with Gasteiger partial charge in [-0.1, -0.05) is 30.3 Å². The average Bonchev–Trinajstić information content (AvgIpc) is 2.46. The largest absolute Gasteiger partial charge is 0.367 e. The van der Waals surface area contributed by atoms with E-state index >= 15 is 0 Å². The summed E-state index contributed by atoms with van der Waals surface area (Å²) in [7, 11) is 0. The number of benzene rings is 1. The van der Waals surface area contributed by atoms with Gasteiger partial charge in [-0.2, -0.15) is 0 Å². The van der Waals surface area contributed by atoms with E-state index in [1.807, 2.05) is 6.07 Å². The maximum Gasteiger partial charge on any atom is 0.274 e. The van der Waals surface area contributed by atoms with Gasteiger partial charge in [-0.15, -0.1) is 0 Å². The second kappa shape index (κ2) is 7.53. The summed E-state index contributed by atoms with van der Waals surface area (Å²) in [6, 6.07) is 10.4. The number of hydrogen-bond acceptors (Lipinski definition) is 4. The quantitative estimate of drug-likeness (QED) is 0.492. The lowest BCUT2D eigenvalue weighted by Gasteiger charge is -2.30. The molecule has 0 spiro atoms. The minimum Gasteiger partial charge on any atom is -0.367 e. The van der Waals surface area contributed by atoms with Gasteiger partial charge in [0.15, 0.2) is 5.82 Å². The molecule has 0 aromatic heterocycles. The Morgan fingerprint density at radius 1 is 1.30 bits per heavy atom. The molecular weight excluding hydrogens is 254 g/mol. The van der Waals surface area contributed by atoms with Crippen molar-refractivity contribution in [1.29, 1.82) is 0 Å². The maximum atomic E-state index is 10.6. The fraction of sp³-hybridized carbons (Fsp3) is 0.467. The van der Waals surface area contributed by atoms with Crippen molar-refractivity contribution in [3.05, 3.63) is 58.0 Å². The molecule has 1 aliphatic rings. The van der Waals surface area contributed by atoms with Crippen molar-refractivity contribution in [3.8, 4) is 0 Å². The van der Waals surface area contributed by atoms with Gasteiger partial charge in [-0.25, -0.2) is 0 Å². The van der Waals surface area contributed by atoms with Crippen LogP contribution < -0.4 is 5.32 Å². The molecule has 1 saturated heterocycles. The molecule has 1 aromatic carbocycles. The standard InChI is InChI=1S/C15H21N3O2/c19-18(20)13-15-16-10-6-12-17(15)11-5-4-9-14-7-2-1-3-8-14/h1-3,7-8,13,16H,4-6,9-12H2/b15-13-. The van der Waals surface area contributed by atoms with E-state index in [2.05, 4.69) is 34.5 Å². The lowest BCUT2D eigenvalue weighted by Crippen LogP contribution is -2.40. The lowest BCUT2D eigenvalue weighted by molar-refractivity contribution is -0.404. The molecule has 20 heavy (non-hydrogen) atoms. The van der Waals surface area contributed by atoms with E-state index in [0.29, 0.717) is 5.82 Å². The zero-order chi connectivity index (χ0) is 14.2. The molecular formula is C15H21N3O2. The van der Waals surface area contributed by atoms with E-state index in [9.17, 15) is 10.1 Å². The van der Waals surface area contributed by atoms with E-state index < -0.39 is 0 Å². The summed E-state index contributed by atoms with van der Waals surface area (Å²) >= 11 is 0. The first-order chi connectivity index (χ1) is 9.75. The normalized spacial score (nSPS) is 17.0. The molecule has 1 aliphatic heterocycles. The molecule has 1 aromatic rings. The first-order valence-corrected chi connectivity index (χ1v) is 7.14. The molecule has 0 amide bonds. The highest BCUT2D eigenvalue weighted by molar-refractivity contribution is 5.14. The Morgan fingerprint density at radius 3 is 2.85 bits per heavy atom. The van der Waals surface area contributed by atoms with Gasteiger partial charge in [0.05, 0.1) is 4.92 Å². The van der Waals surface area contributed by atoms with Crippen LogP contribution in [0, 0.1) is 10.1 Å². The van der Waals surface area contributed by atoms with Crippen molar-refractivity contribution in [2.75, 3.05) is 19.6 Å². The summed E-state index contributed by atoms with van der Waals surface area (Å²) in [6.45, 7) is 2.59. The monoisotopic (exact) mass is 275 g/mol. The fourth-order valence-corrected chi connectivity index (χ4v) is 2.45. The third-order valence-corrected chi connectivity index (χ3v) is 3.47. The topological polar surface area (TPSA) is 58.4 Å². The summed E-state index contributed by atoms with van der Waals surface area (Å²) in [4.78, 5) is 12.3. The molecule has 0 bridgehead atoms. The van der Waals surface area contributed by atoms with Crippen LogP contribution >= 0.6 is 0 Å². The number of aryl methyl sites for hydroxylation is 1. The van der Waals surface area contributed by atoms with Crippen molar-refractivity contribution in [3.63, 3.8) is 0 Å². The van der Waals surface area contributed by atoms with E-state index in [1.54, 1.807) is 0 Å². The van der Waals surface area contributed by atoms with Crippen LogP contribution in [0.15, 0.2) is 42.4 Å². The highest BCUT2D eigenvalue weighted by Gasteiger charge is 2.16. The Labute approximate surface area is 119 Å². The second-order valence-corrected chi connectivity index (χ2v) is 5.01. The summed E-state index contributed by atoms with van der Waals surface area (Å²) < 4.78 is 0. The van der Waals surface area contributed by atoms with Crippen molar-refractivity contribution in [2.45, 2.75) is 25.7 Å². The highest BCUT2D eigenvalue weighted by atomic mass is 16.6. The van der Waals surface area contributed by atoms with Crippen LogP contribution in [0.2, 0.25) is 0 Å². The molecule has 5 heteroatoms. The Kier molecular flexibility index (Phi) is 5.41. The second-order valence-electron chi connectivity index (χ2n) is 5.01. The number of nitrogens with zero attached hydrogens (tertiary/aromatic N) is 2. The third kappa shape index (κ3) is 4.57. The third-order valence-electron chi connectivity index (χ3n) is 3.47. The van der Waals surface area contributed by atoms with E-state index in [4.69, 9.17) is 0 Å². The fourth-order valence-electron chi connectivity index (χ4n) is 2.45. The minimum absolute atomic E-state index is 0.384. The molecule has 0 aliphatic carbocycles. The van der Waals surface area contributed by atoms with Gasteiger partial charge in [-0.3, -0.25) is 10.1 Å². The van der Waals surface area contributed by atoms with Gasteiger partial charge in [0.25, 0.3) is 6.20 Å². The molecule has 0 unspecified atom stereocenters. The predicted molar refractivity (Wildman–Crippen MR) is 78.7 cm³/mol. The SMILES string of the molecule is O=[N+]([O-])/C=C1/NCCCN1CCCCc1ccccc1. The Morgan fingerprint density at radius 2 is 2.10 bits per heavy atom. The van der Waals surface area contributed by atoms with Crippen LogP contribution in [-0.2, 0) is 6.42 Å². The van der Waals surface area contributed by atoms with Crippen LogP contribution in [0.5, 0.6) is 0 Å². The van der Waals surface area contributed by atoms with Crippen LogP contribution in [-0.4, -0.2) is 29.5 Å². The molecule has 5 nitrogen and oxygen atoms in total. The molecule has 0 radical (unpaired) electrons. The molecule has 1 N–H and O–H groups in total. The van der Waals surface area contributed by atoms with E-state index in [-0.39, 0.29) is 4.92 Å². The smallest absolute Gasteiger partial charge is 0.274 e. The van der Waals surface area contributed by atoms with Crippen LogP contribution in [0.25, 0.3) is 0 Å². The van der Waals surface area contributed by atoms with E-state index in [0.717, 1.165) is 51.5 Å². The van der Waals surface area contributed by atoms with Gasteiger partial charge in [-0.05, 0) is 31.2 Å². The number of unbranched alkanes of at least 4 members (excludes halogenated alkanes) is 1. The van der Waals surface area contributed by atoms with E-state index in [1.165, 1.54) is 5.56 Å². The number of hydrogen-bond donors (Lipinski definition) is 1. The molecule has 0 atom stereocenters. The van der Waals surface area contributed by atoms with Crippen LogP contribution in [0.3, 0.4) is 0 Å². The average molecular weight is 275 g/mol. The zero-order valence-corrected chi connectivity index (χ0v) is 11.6. The van der Waals surface area contributed by atoms with Crippen molar-refractivity contribution < 1.29 is 4.92 Å². The Balaban J connectivity index is 1.76. The summed E-state index contributed by atoms with van der Waals surface area (Å²) in [6.07, 6.45) is 5.33. The predicted octanol–water partition coefficient (Wildman–Crippen LogP) is 2.38. The molecule has 0 saturated carbocycles. The van der Waals surface area contributed by atoms with Crippen LogP contribution in [0.1, 0.15) is 24.8 Å². The number of rotatable bonds is 6. The molecule has 1 heterocycles. The molecule has 1 fully saturated rings. The maximum absolute atomic E-state index is 10.6. The lowest BCUT2D eigenvalue weighted by atomic mass is 10.1. The Bertz CT molecular complexity index is 459. The first kappa shape index (κ1) is 14.4. The number of nitrogens with one attached hydrogen (secondary N) is 1. The molecule has 108 valence electrons. The van der Waals surface area contributed by atoms with Gasteiger partial charge >= 0.3 is 0 Å². The van der Waals surface area contributed by atoms with Crippen LogP contribution in [0.4, 0.5) is 0 Å². The van der Waals surface area contributed by atoms with Crippen molar-refractivity contribution >= 4 is 0 Å². The van der Waals surface area contributed by atoms with Gasteiger partial charge < -0.3 is 10.2 Å². The number of nitro groups is 1. The van der Waals surface area contributed by atoms with Gasteiger partial charge in [0.1, 0.15) is 0 Å². The van der Waals surface area contributed by atoms with Crippen molar-refractivity contribution in [1.82, 2.24) is 10.2 Å². The molecule has 2 rings (SSSR count). The highest BCUT2D eigenvalue weighted by Crippen LogP contribution is 2.11. The summed E-state index contributed by atoms with van der Waals surface area (Å²) in [5, 5.41) is 13.7. The Hall–Kier alpha value is -2.04. The van der Waals surface area contributed by atoms with Crippen molar-refractivity contribution in [2.24, 2.45) is 0 Å².